The fraction of sp³-hybridized carbons (Fsp3) is 0.158. The molecule has 0 spiro atoms. The zero-order valence-electron chi connectivity index (χ0n) is 14.6. The van der Waals surface area contributed by atoms with Crippen LogP contribution in [0, 0.1) is 6.92 Å². The van der Waals surface area contributed by atoms with E-state index in [-0.39, 0.29) is 5.89 Å². The topological polar surface area (TPSA) is 78.1 Å². The van der Waals surface area contributed by atoms with Crippen LogP contribution in [0.2, 0.25) is 0 Å². The summed E-state index contributed by atoms with van der Waals surface area (Å²) < 4.78 is 11.2. The summed E-state index contributed by atoms with van der Waals surface area (Å²) >= 11 is 2.81. The van der Waals surface area contributed by atoms with Crippen molar-refractivity contribution in [1.82, 2.24) is 15.2 Å². The average Bonchev–Trinajstić information content (AvgIpc) is 3.42. The fourth-order valence-electron chi connectivity index (χ4n) is 2.45. The molecule has 0 amide bonds. The highest BCUT2D eigenvalue weighted by Gasteiger charge is 2.23. The maximum absolute atomic E-state index is 12.6. The van der Waals surface area contributed by atoms with Gasteiger partial charge in [-0.3, -0.25) is 0 Å². The lowest BCUT2D eigenvalue weighted by molar-refractivity contribution is 0.0284. The Morgan fingerprint density at radius 1 is 1.15 bits per heavy atom. The molecule has 0 fully saturated rings. The van der Waals surface area contributed by atoms with Crippen molar-refractivity contribution < 1.29 is 13.9 Å². The highest BCUT2D eigenvalue weighted by atomic mass is 32.1. The van der Waals surface area contributed by atoms with Gasteiger partial charge in [-0.25, -0.2) is 9.78 Å². The summed E-state index contributed by atoms with van der Waals surface area (Å²) in [5.41, 5.74) is 1.61. The molecular weight excluding hydrogens is 382 g/mol. The fourth-order valence-corrected chi connectivity index (χ4v) is 4.05. The van der Waals surface area contributed by atoms with Crippen molar-refractivity contribution >= 4 is 28.6 Å². The van der Waals surface area contributed by atoms with Crippen LogP contribution in [0.25, 0.3) is 21.3 Å². The zero-order chi connectivity index (χ0) is 18.8. The van der Waals surface area contributed by atoms with Gasteiger partial charge < -0.3 is 9.15 Å². The van der Waals surface area contributed by atoms with Crippen LogP contribution in [0.4, 0.5) is 0 Å². The molecule has 4 rings (SSSR count). The van der Waals surface area contributed by atoms with Gasteiger partial charge in [-0.1, -0.05) is 36.4 Å². The predicted octanol–water partition coefficient (Wildman–Crippen LogP) is 5.15. The van der Waals surface area contributed by atoms with Crippen molar-refractivity contribution in [3.63, 3.8) is 0 Å². The van der Waals surface area contributed by atoms with Crippen molar-refractivity contribution in [3.8, 4) is 21.3 Å². The van der Waals surface area contributed by atoms with Crippen molar-refractivity contribution in [1.29, 1.82) is 0 Å². The first-order valence-corrected chi connectivity index (χ1v) is 9.92. The molecule has 1 aromatic carbocycles. The summed E-state index contributed by atoms with van der Waals surface area (Å²) in [6.45, 7) is 3.50. The molecule has 0 radical (unpaired) electrons. The van der Waals surface area contributed by atoms with Crippen molar-refractivity contribution in [2.45, 2.75) is 20.0 Å². The largest absolute Gasteiger partial charge is 0.448 e. The molecule has 6 nitrogen and oxygen atoms in total. The van der Waals surface area contributed by atoms with Crippen molar-refractivity contribution in [3.05, 3.63) is 64.3 Å². The molecule has 8 heteroatoms. The van der Waals surface area contributed by atoms with Gasteiger partial charge in [0.15, 0.2) is 6.10 Å². The third-order valence-corrected chi connectivity index (χ3v) is 5.85. The Balaban J connectivity index is 1.50. The van der Waals surface area contributed by atoms with Crippen LogP contribution < -0.4 is 0 Å². The summed E-state index contributed by atoms with van der Waals surface area (Å²) in [5.74, 6) is 0.232. The summed E-state index contributed by atoms with van der Waals surface area (Å²) in [5, 5.41) is 10.7. The molecule has 0 aliphatic carbocycles. The van der Waals surface area contributed by atoms with Crippen LogP contribution in [0.3, 0.4) is 0 Å². The minimum Gasteiger partial charge on any atom is -0.448 e. The van der Waals surface area contributed by atoms with E-state index < -0.39 is 12.1 Å². The van der Waals surface area contributed by atoms with Gasteiger partial charge in [0, 0.05) is 5.56 Å². The van der Waals surface area contributed by atoms with Gasteiger partial charge in [0.25, 0.3) is 11.8 Å². The quantitative estimate of drug-likeness (QED) is 0.434. The normalized spacial score (nSPS) is 12.1. The van der Waals surface area contributed by atoms with E-state index >= 15 is 0 Å². The second-order valence-electron chi connectivity index (χ2n) is 5.77. The minimum atomic E-state index is -0.652. The Hall–Kier alpha value is -2.84. The highest BCUT2D eigenvalue weighted by molar-refractivity contribution is 7.17. The predicted molar refractivity (Wildman–Crippen MR) is 104 cm³/mol. The van der Waals surface area contributed by atoms with Crippen LogP contribution in [-0.4, -0.2) is 21.2 Å². The molecule has 27 heavy (non-hydrogen) atoms. The zero-order valence-corrected chi connectivity index (χ0v) is 16.2. The molecule has 3 aromatic heterocycles. The van der Waals surface area contributed by atoms with Gasteiger partial charge in [-0.2, -0.15) is 0 Å². The highest BCUT2D eigenvalue weighted by Crippen LogP contribution is 2.30. The molecule has 136 valence electrons. The Morgan fingerprint density at radius 2 is 1.96 bits per heavy atom. The Labute approximate surface area is 163 Å². The van der Waals surface area contributed by atoms with Crippen LogP contribution in [-0.2, 0) is 4.74 Å². The molecule has 1 atom stereocenters. The Kier molecular flexibility index (Phi) is 4.83. The number of aromatic nitrogens is 3. The number of rotatable bonds is 5. The van der Waals surface area contributed by atoms with E-state index in [1.807, 2.05) is 47.8 Å². The molecule has 4 aromatic rings. The van der Waals surface area contributed by atoms with Gasteiger partial charge in [0.05, 0.1) is 10.6 Å². The van der Waals surface area contributed by atoms with Crippen LogP contribution in [0.5, 0.6) is 0 Å². The average molecular weight is 397 g/mol. The minimum absolute atomic E-state index is 0.261. The number of ether oxygens (including phenoxy) is 1. The lowest BCUT2D eigenvalue weighted by atomic mass is 10.2. The monoisotopic (exact) mass is 397 g/mol. The van der Waals surface area contributed by atoms with Crippen molar-refractivity contribution in [2.75, 3.05) is 0 Å². The van der Waals surface area contributed by atoms with E-state index in [4.69, 9.17) is 9.15 Å². The molecule has 0 bridgehead atoms. The first-order valence-electron chi connectivity index (χ1n) is 8.23. The van der Waals surface area contributed by atoms with Gasteiger partial charge in [-0.05, 0) is 25.3 Å². The van der Waals surface area contributed by atoms with E-state index in [1.165, 1.54) is 22.7 Å². The smallest absolute Gasteiger partial charge is 0.351 e. The molecule has 0 aliphatic rings. The number of carbonyl (C=O) groups excluding carboxylic acids is 1. The standard InChI is InChI=1S/C19H15N3O3S2/c1-11-15(27-18(20-11)13-7-4-3-5-8-13)19(23)24-12(2)16-21-22-17(25-16)14-9-6-10-26-14/h3-10,12H,1-2H3. The molecule has 3 heterocycles. The number of thiophene rings is 1. The summed E-state index contributed by atoms with van der Waals surface area (Å²) in [6.07, 6.45) is -0.652. The third kappa shape index (κ3) is 3.67. The number of hydrogen-bond acceptors (Lipinski definition) is 8. The summed E-state index contributed by atoms with van der Waals surface area (Å²) in [7, 11) is 0. The second kappa shape index (κ2) is 7.42. The Morgan fingerprint density at radius 3 is 2.70 bits per heavy atom. The first kappa shape index (κ1) is 17.6. The third-order valence-electron chi connectivity index (χ3n) is 3.81. The number of hydrogen-bond donors (Lipinski definition) is 0. The summed E-state index contributed by atoms with van der Waals surface area (Å²) in [6, 6.07) is 13.5. The number of esters is 1. The Bertz CT molecular complexity index is 1060. The number of thiazole rings is 1. The second-order valence-corrected chi connectivity index (χ2v) is 7.72. The maximum Gasteiger partial charge on any atom is 0.351 e. The molecular formula is C19H15N3O3S2. The number of nitrogens with zero attached hydrogens (tertiary/aromatic N) is 3. The maximum atomic E-state index is 12.6. The SMILES string of the molecule is Cc1nc(-c2ccccc2)sc1C(=O)OC(C)c1nnc(-c2cccs2)o1. The molecule has 0 N–H and O–H groups in total. The van der Waals surface area contributed by atoms with Crippen LogP contribution in [0.15, 0.2) is 52.3 Å². The van der Waals surface area contributed by atoms with E-state index in [0.29, 0.717) is 16.5 Å². The summed E-state index contributed by atoms with van der Waals surface area (Å²) in [4.78, 5) is 18.4. The van der Waals surface area contributed by atoms with Crippen molar-refractivity contribution in [2.24, 2.45) is 0 Å². The van der Waals surface area contributed by atoms with E-state index in [2.05, 4.69) is 15.2 Å². The lowest BCUT2D eigenvalue weighted by Gasteiger charge is -2.08. The molecule has 0 saturated carbocycles. The molecule has 0 aliphatic heterocycles. The van der Waals surface area contributed by atoms with Gasteiger partial charge in [-0.15, -0.1) is 32.9 Å². The van der Waals surface area contributed by atoms with Gasteiger partial charge in [0.2, 0.25) is 0 Å². The van der Waals surface area contributed by atoms with Gasteiger partial charge >= 0.3 is 5.97 Å². The van der Waals surface area contributed by atoms with Crippen LogP contribution in [0.1, 0.15) is 34.3 Å². The van der Waals surface area contributed by atoms with Gasteiger partial charge in [0.1, 0.15) is 9.88 Å². The van der Waals surface area contributed by atoms with Crippen LogP contribution >= 0.6 is 22.7 Å². The van der Waals surface area contributed by atoms with E-state index in [9.17, 15) is 4.79 Å². The number of carbonyl (C=O) groups is 1. The number of benzene rings is 1. The first-order chi connectivity index (χ1) is 13.1. The number of aryl methyl sites for hydroxylation is 1. The van der Waals surface area contributed by atoms with E-state index in [1.54, 1.807) is 13.8 Å². The van der Waals surface area contributed by atoms with E-state index in [0.717, 1.165) is 15.4 Å². The lowest BCUT2D eigenvalue weighted by Crippen LogP contribution is -2.09. The molecule has 1 unspecified atom stereocenters. The molecule has 0 saturated heterocycles.